The van der Waals surface area contributed by atoms with E-state index in [1.165, 1.54) is 7.11 Å². The monoisotopic (exact) mass is 359 g/mol. The zero-order valence-electron chi connectivity index (χ0n) is 14.6. The summed E-state index contributed by atoms with van der Waals surface area (Å²) >= 11 is 0. The Balaban J connectivity index is 1.66. The number of piperidine rings is 1. The van der Waals surface area contributed by atoms with E-state index < -0.39 is 11.2 Å². The maximum absolute atomic E-state index is 12.5. The topological polar surface area (TPSA) is 101 Å². The zero-order chi connectivity index (χ0) is 18.7. The van der Waals surface area contributed by atoms with Crippen LogP contribution in [0.15, 0.2) is 33.9 Å². The number of carbonyl (C=O) groups excluding carboxylic acids is 2. The van der Waals surface area contributed by atoms with E-state index in [9.17, 15) is 19.2 Å². The molecule has 1 amide bonds. The molecule has 1 aliphatic heterocycles. The summed E-state index contributed by atoms with van der Waals surface area (Å²) in [5, 5.41) is 0.415. The number of nitrogens with one attached hydrogen (secondary N) is 1. The highest BCUT2D eigenvalue weighted by Crippen LogP contribution is 2.19. The molecule has 0 saturated carbocycles. The molecule has 1 fully saturated rings. The fourth-order valence-corrected chi connectivity index (χ4v) is 3.30. The highest BCUT2D eigenvalue weighted by Gasteiger charge is 2.27. The third-order valence-corrected chi connectivity index (χ3v) is 4.82. The van der Waals surface area contributed by atoms with Gasteiger partial charge in [-0.1, -0.05) is 12.1 Å². The number of ether oxygens (including phenoxy) is 1. The molecule has 3 rings (SSSR count). The predicted molar refractivity (Wildman–Crippen MR) is 94.8 cm³/mol. The number of amides is 1. The lowest BCUT2D eigenvalue weighted by atomic mass is 9.97. The highest BCUT2D eigenvalue weighted by molar-refractivity contribution is 5.78. The van der Waals surface area contributed by atoms with Crippen LogP contribution >= 0.6 is 0 Å². The van der Waals surface area contributed by atoms with Crippen LogP contribution in [-0.2, 0) is 20.9 Å². The van der Waals surface area contributed by atoms with E-state index in [1.54, 1.807) is 29.2 Å². The lowest BCUT2D eigenvalue weighted by Crippen LogP contribution is -2.42. The summed E-state index contributed by atoms with van der Waals surface area (Å²) in [4.78, 5) is 52.8. The second kappa shape index (κ2) is 7.55. The van der Waals surface area contributed by atoms with Crippen molar-refractivity contribution >= 4 is 22.8 Å². The molecule has 1 N–H and O–H groups in total. The Labute approximate surface area is 149 Å². The van der Waals surface area contributed by atoms with Crippen LogP contribution in [-0.4, -0.2) is 46.5 Å². The third kappa shape index (κ3) is 3.54. The van der Waals surface area contributed by atoms with Crippen molar-refractivity contribution < 1.29 is 14.3 Å². The number of aromatic amines is 1. The average molecular weight is 359 g/mol. The molecule has 1 saturated heterocycles. The van der Waals surface area contributed by atoms with E-state index in [4.69, 9.17) is 4.74 Å². The fraction of sp³-hybridized carbons (Fsp3) is 0.444. The van der Waals surface area contributed by atoms with Crippen molar-refractivity contribution in [3.63, 3.8) is 0 Å². The molecule has 0 radical (unpaired) electrons. The molecule has 0 bridgehead atoms. The fourth-order valence-electron chi connectivity index (χ4n) is 3.30. The molecule has 1 aromatic carbocycles. The number of rotatable bonds is 4. The number of methoxy groups -OCH3 is 1. The first-order chi connectivity index (χ1) is 12.5. The standard InChI is InChI=1S/C18H21N3O5/c1-26-17(24)12-6-9-20(10-7-12)15(22)8-11-21-16(23)13-4-2-3-5-14(13)19-18(21)25/h2-5,12H,6-11H2,1H3,(H,19,25). The summed E-state index contributed by atoms with van der Waals surface area (Å²) in [6.45, 7) is 0.970. The van der Waals surface area contributed by atoms with Gasteiger partial charge in [0.25, 0.3) is 5.56 Å². The number of hydrogen-bond acceptors (Lipinski definition) is 5. The molecular weight excluding hydrogens is 338 g/mol. The van der Waals surface area contributed by atoms with Crippen molar-refractivity contribution in [2.24, 2.45) is 5.92 Å². The van der Waals surface area contributed by atoms with Gasteiger partial charge in [-0.2, -0.15) is 0 Å². The lowest BCUT2D eigenvalue weighted by molar-refractivity contribution is -0.148. The SMILES string of the molecule is COC(=O)C1CCN(C(=O)CCn2c(=O)[nH]c3ccccc3c2=O)CC1. The van der Waals surface area contributed by atoms with Gasteiger partial charge >= 0.3 is 11.7 Å². The number of H-pyrrole nitrogens is 1. The van der Waals surface area contributed by atoms with Gasteiger partial charge in [0.2, 0.25) is 5.91 Å². The molecule has 26 heavy (non-hydrogen) atoms. The second-order valence-corrected chi connectivity index (χ2v) is 6.36. The molecule has 2 aromatic rings. The molecule has 2 heterocycles. The summed E-state index contributed by atoms with van der Waals surface area (Å²) in [5.74, 6) is -0.547. The van der Waals surface area contributed by atoms with E-state index >= 15 is 0 Å². The van der Waals surface area contributed by atoms with Crippen molar-refractivity contribution in [1.82, 2.24) is 14.5 Å². The van der Waals surface area contributed by atoms with Gasteiger partial charge in [0, 0.05) is 26.1 Å². The Morgan fingerprint density at radius 1 is 1.19 bits per heavy atom. The van der Waals surface area contributed by atoms with Gasteiger partial charge in [-0.15, -0.1) is 0 Å². The van der Waals surface area contributed by atoms with Crippen LogP contribution in [0.1, 0.15) is 19.3 Å². The number of fused-ring (bicyclic) bond motifs is 1. The van der Waals surface area contributed by atoms with Gasteiger partial charge in [0.05, 0.1) is 23.9 Å². The Kier molecular flexibility index (Phi) is 5.20. The van der Waals surface area contributed by atoms with Gasteiger partial charge in [0.15, 0.2) is 0 Å². The maximum Gasteiger partial charge on any atom is 0.328 e. The maximum atomic E-state index is 12.5. The number of hydrogen-bond donors (Lipinski definition) is 1. The second-order valence-electron chi connectivity index (χ2n) is 6.36. The minimum absolute atomic E-state index is 0.0226. The molecule has 0 unspecified atom stereocenters. The van der Waals surface area contributed by atoms with E-state index in [-0.39, 0.29) is 30.8 Å². The number of aromatic nitrogens is 2. The van der Waals surface area contributed by atoms with Crippen molar-refractivity contribution in [2.75, 3.05) is 20.2 Å². The van der Waals surface area contributed by atoms with E-state index in [2.05, 4.69) is 4.98 Å². The van der Waals surface area contributed by atoms with E-state index in [0.29, 0.717) is 36.8 Å². The first-order valence-electron chi connectivity index (χ1n) is 8.58. The summed E-state index contributed by atoms with van der Waals surface area (Å²) in [6, 6.07) is 6.77. The van der Waals surface area contributed by atoms with Gasteiger partial charge in [0.1, 0.15) is 0 Å². The van der Waals surface area contributed by atoms with Gasteiger partial charge in [-0.25, -0.2) is 4.79 Å². The minimum Gasteiger partial charge on any atom is -0.469 e. The van der Waals surface area contributed by atoms with Crippen LogP contribution in [0.5, 0.6) is 0 Å². The van der Waals surface area contributed by atoms with Gasteiger partial charge in [-0.05, 0) is 25.0 Å². The molecule has 8 heteroatoms. The number of carbonyl (C=O) groups is 2. The van der Waals surface area contributed by atoms with Gasteiger partial charge in [-0.3, -0.25) is 19.0 Å². The first-order valence-corrected chi connectivity index (χ1v) is 8.58. The largest absolute Gasteiger partial charge is 0.469 e. The Bertz CT molecular complexity index is 938. The minimum atomic E-state index is -0.522. The summed E-state index contributed by atoms with van der Waals surface area (Å²) in [5.41, 5.74) is -0.442. The van der Waals surface area contributed by atoms with Crippen LogP contribution in [0.3, 0.4) is 0 Å². The van der Waals surface area contributed by atoms with Crippen molar-refractivity contribution in [3.8, 4) is 0 Å². The van der Waals surface area contributed by atoms with Gasteiger partial charge < -0.3 is 14.6 Å². The molecule has 0 atom stereocenters. The lowest BCUT2D eigenvalue weighted by Gasteiger charge is -2.30. The molecule has 0 spiro atoms. The van der Waals surface area contributed by atoms with Crippen LogP contribution in [0.25, 0.3) is 10.9 Å². The first kappa shape index (κ1) is 17.9. The van der Waals surface area contributed by atoms with E-state index in [0.717, 1.165) is 4.57 Å². The third-order valence-electron chi connectivity index (χ3n) is 4.82. The van der Waals surface area contributed by atoms with Crippen LogP contribution < -0.4 is 11.2 Å². The highest BCUT2D eigenvalue weighted by atomic mass is 16.5. The van der Waals surface area contributed by atoms with Crippen LogP contribution in [0.2, 0.25) is 0 Å². The van der Waals surface area contributed by atoms with Crippen LogP contribution in [0.4, 0.5) is 0 Å². The van der Waals surface area contributed by atoms with Crippen molar-refractivity contribution in [2.45, 2.75) is 25.8 Å². The Morgan fingerprint density at radius 3 is 2.58 bits per heavy atom. The normalized spacial score (nSPS) is 15.2. The smallest absolute Gasteiger partial charge is 0.328 e. The molecular formula is C18H21N3O5. The zero-order valence-corrected chi connectivity index (χ0v) is 14.6. The molecule has 1 aromatic heterocycles. The molecule has 138 valence electrons. The number of esters is 1. The summed E-state index contributed by atoms with van der Waals surface area (Å²) in [6.07, 6.45) is 1.19. The number of nitrogens with zero attached hydrogens (tertiary/aromatic N) is 2. The predicted octanol–water partition coefficient (Wildman–Crippen LogP) is 0.491. The molecule has 8 nitrogen and oxygen atoms in total. The summed E-state index contributed by atoms with van der Waals surface area (Å²) in [7, 11) is 1.36. The number of para-hydroxylation sites is 1. The summed E-state index contributed by atoms with van der Waals surface area (Å²) < 4.78 is 5.79. The number of benzene rings is 1. The number of likely N-dealkylation sites (tertiary alicyclic amines) is 1. The Hall–Kier alpha value is -2.90. The van der Waals surface area contributed by atoms with Crippen molar-refractivity contribution in [3.05, 3.63) is 45.1 Å². The van der Waals surface area contributed by atoms with Crippen molar-refractivity contribution in [1.29, 1.82) is 0 Å². The van der Waals surface area contributed by atoms with E-state index in [1.807, 2.05) is 0 Å². The average Bonchev–Trinajstić information content (AvgIpc) is 2.67. The van der Waals surface area contributed by atoms with Crippen LogP contribution in [0, 0.1) is 5.92 Å². The Morgan fingerprint density at radius 2 is 1.88 bits per heavy atom. The quantitative estimate of drug-likeness (QED) is 0.801. The molecule has 1 aliphatic rings. The molecule has 0 aliphatic carbocycles.